The van der Waals surface area contributed by atoms with Crippen LogP contribution in [0.3, 0.4) is 0 Å². The maximum Gasteiger partial charge on any atom is 0.125 e. The predicted molar refractivity (Wildman–Crippen MR) is 87.2 cm³/mol. The second-order valence-corrected chi connectivity index (χ2v) is 6.96. The first-order chi connectivity index (χ1) is 10.1. The second-order valence-electron chi connectivity index (χ2n) is 6.52. The number of halogens is 1. The minimum atomic E-state index is -0.0424. The van der Waals surface area contributed by atoms with Crippen molar-refractivity contribution < 1.29 is 4.74 Å². The van der Waals surface area contributed by atoms with Crippen molar-refractivity contribution in [3.8, 4) is 5.75 Å². The fraction of sp³-hybridized carbons (Fsp3) is 0.647. The summed E-state index contributed by atoms with van der Waals surface area (Å²) in [6.07, 6.45) is 4.52. The van der Waals surface area contributed by atoms with Gasteiger partial charge in [0.15, 0.2) is 0 Å². The van der Waals surface area contributed by atoms with E-state index in [0.717, 1.165) is 43.1 Å². The van der Waals surface area contributed by atoms with Gasteiger partial charge in [-0.15, -0.1) is 0 Å². The molecule has 0 saturated carbocycles. The van der Waals surface area contributed by atoms with Crippen molar-refractivity contribution in [3.05, 3.63) is 28.8 Å². The molecule has 1 aromatic carbocycles. The highest BCUT2D eigenvalue weighted by molar-refractivity contribution is 6.30. The number of fused-ring (bicyclic) bond motifs is 1. The molecule has 1 spiro atoms. The highest BCUT2D eigenvalue weighted by Crippen LogP contribution is 2.44. The zero-order valence-corrected chi connectivity index (χ0v) is 13.7. The highest BCUT2D eigenvalue weighted by Gasteiger charge is 2.43. The summed E-state index contributed by atoms with van der Waals surface area (Å²) in [5.74, 6) is 1.01. The summed E-state index contributed by atoms with van der Waals surface area (Å²) < 4.78 is 6.46. The quantitative estimate of drug-likeness (QED) is 0.923. The summed E-state index contributed by atoms with van der Waals surface area (Å²) in [4.78, 5) is 2.39. The van der Waals surface area contributed by atoms with Crippen LogP contribution in [0, 0.1) is 0 Å². The SMILES string of the molecule is CCCNC1CC2(CCCN(C)C2)Oc2ccc(Cl)cc21. The van der Waals surface area contributed by atoms with E-state index in [1.165, 1.54) is 18.5 Å². The monoisotopic (exact) mass is 308 g/mol. The van der Waals surface area contributed by atoms with Crippen LogP contribution in [0.4, 0.5) is 0 Å². The van der Waals surface area contributed by atoms with E-state index in [1.54, 1.807) is 0 Å². The lowest BCUT2D eigenvalue weighted by atomic mass is 9.81. The van der Waals surface area contributed by atoms with Crippen molar-refractivity contribution in [2.45, 2.75) is 44.2 Å². The molecule has 2 aliphatic rings. The van der Waals surface area contributed by atoms with Gasteiger partial charge in [-0.2, -0.15) is 0 Å². The molecular formula is C17H25ClN2O. The fourth-order valence-corrected chi connectivity index (χ4v) is 3.89. The average molecular weight is 309 g/mol. The number of hydrogen-bond acceptors (Lipinski definition) is 3. The molecule has 2 atom stereocenters. The highest BCUT2D eigenvalue weighted by atomic mass is 35.5. The third kappa shape index (κ3) is 3.20. The Bertz CT molecular complexity index is 508. The van der Waals surface area contributed by atoms with Crippen molar-refractivity contribution in [2.24, 2.45) is 0 Å². The second kappa shape index (κ2) is 6.15. The molecule has 0 aliphatic carbocycles. The van der Waals surface area contributed by atoms with Crippen LogP contribution in [0.15, 0.2) is 18.2 Å². The summed E-state index contributed by atoms with van der Waals surface area (Å²) in [5, 5.41) is 4.47. The fourth-order valence-electron chi connectivity index (χ4n) is 3.71. The molecule has 4 heteroatoms. The first-order valence-corrected chi connectivity index (χ1v) is 8.40. The van der Waals surface area contributed by atoms with E-state index >= 15 is 0 Å². The summed E-state index contributed by atoms with van der Waals surface area (Å²) in [5.41, 5.74) is 1.17. The summed E-state index contributed by atoms with van der Waals surface area (Å²) in [6.45, 7) is 5.42. The van der Waals surface area contributed by atoms with E-state index in [4.69, 9.17) is 16.3 Å². The topological polar surface area (TPSA) is 24.5 Å². The summed E-state index contributed by atoms with van der Waals surface area (Å²) >= 11 is 6.18. The Kier molecular flexibility index (Phi) is 4.43. The number of benzene rings is 1. The standard InChI is InChI=1S/C17H25ClN2O/c1-3-8-19-15-11-17(7-4-9-20(2)12-17)21-16-6-5-13(18)10-14(15)16/h5-6,10,15,19H,3-4,7-9,11-12H2,1-2H3. The van der Waals surface area contributed by atoms with Gasteiger partial charge in [-0.05, 0) is 57.6 Å². The van der Waals surface area contributed by atoms with Crippen molar-refractivity contribution >= 4 is 11.6 Å². The minimum Gasteiger partial charge on any atom is -0.486 e. The number of hydrogen-bond donors (Lipinski definition) is 1. The van der Waals surface area contributed by atoms with Crippen LogP contribution in [0.25, 0.3) is 0 Å². The van der Waals surface area contributed by atoms with Gasteiger partial charge in [-0.25, -0.2) is 0 Å². The Morgan fingerprint density at radius 1 is 1.48 bits per heavy atom. The molecule has 116 valence electrons. The molecule has 2 heterocycles. The van der Waals surface area contributed by atoms with Crippen LogP contribution >= 0.6 is 11.6 Å². The number of nitrogens with one attached hydrogen (secondary N) is 1. The summed E-state index contributed by atoms with van der Waals surface area (Å²) in [7, 11) is 2.19. The Morgan fingerprint density at radius 3 is 3.10 bits per heavy atom. The molecule has 1 fully saturated rings. The maximum atomic E-state index is 6.46. The lowest BCUT2D eigenvalue weighted by molar-refractivity contribution is -0.0270. The molecule has 3 rings (SSSR count). The Morgan fingerprint density at radius 2 is 2.33 bits per heavy atom. The van der Waals surface area contributed by atoms with Gasteiger partial charge < -0.3 is 15.0 Å². The Hall–Kier alpha value is -0.770. The normalized spacial score (nSPS) is 29.2. The van der Waals surface area contributed by atoms with E-state index in [2.05, 4.69) is 30.3 Å². The third-order valence-corrected chi connectivity index (χ3v) is 4.86. The third-order valence-electron chi connectivity index (χ3n) is 4.62. The van der Waals surface area contributed by atoms with Gasteiger partial charge in [0.25, 0.3) is 0 Å². The molecule has 0 bridgehead atoms. The van der Waals surface area contributed by atoms with Crippen molar-refractivity contribution in [1.29, 1.82) is 0 Å². The average Bonchev–Trinajstić information content (AvgIpc) is 2.45. The zero-order valence-electron chi connectivity index (χ0n) is 13.0. The van der Waals surface area contributed by atoms with Gasteiger partial charge in [0.2, 0.25) is 0 Å². The molecule has 2 unspecified atom stereocenters. The maximum absolute atomic E-state index is 6.46. The molecule has 3 nitrogen and oxygen atoms in total. The van der Waals surface area contributed by atoms with Crippen LogP contribution in [0.1, 0.15) is 44.2 Å². The molecule has 0 radical (unpaired) electrons. The van der Waals surface area contributed by atoms with Gasteiger partial charge in [0, 0.05) is 29.6 Å². The lowest BCUT2D eigenvalue weighted by Gasteiger charge is -2.47. The molecule has 1 saturated heterocycles. The Balaban J connectivity index is 1.90. The van der Waals surface area contributed by atoms with Crippen molar-refractivity contribution in [2.75, 3.05) is 26.7 Å². The van der Waals surface area contributed by atoms with E-state index in [0.29, 0.717) is 6.04 Å². The molecule has 21 heavy (non-hydrogen) atoms. The largest absolute Gasteiger partial charge is 0.486 e. The number of nitrogens with zero attached hydrogens (tertiary/aromatic N) is 1. The van der Waals surface area contributed by atoms with E-state index in [9.17, 15) is 0 Å². The molecule has 0 aromatic heterocycles. The Labute approximate surface area is 132 Å². The number of piperidine rings is 1. The number of rotatable bonds is 3. The lowest BCUT2D eigenvalue weighted by Crippen LogP contribution is -2.54. The number of likely N-dealkylation sites (N-methyl/N-ethyl adjacent to an activating group) is 1. The first kappa shape index (κ1) is 15.1. The van der Waals surface area contributed by atoms with Crippen LogP contribution in [-0.2, 0) is 0 Å². The predicted octanol–water partition coefficient (Wildman–Crippen LogP) is 3.63. The minimum absolute atomic E-state index is 0.0424. The van der Waals surface area contributed by atoms with Gasteiger partial charge in [0.1, 0.15) is 11.4 Å². The van der Waals surface area contributed by atoms with E-state index in [-0.39, 0.29) is 5.60 Å². The number of likely N-dealkylation sites (tertiary alicyclic amines) is 1. The van der Waals surface area contributed by atoms with Crippen LogP contribution in [-0.4, -0.2) is 37.2 Å². The smallest absolute Gasteiger partial charge is 0.125 e. The van der Waals surface area contributed by atoms with Crippen molar-refractivity contribution in [1.82, 2.24) is 10.2 Å². The van der Waals surface area contributed by atoms with E-state index < -0.39 is 0 Å². The molecule has 0 amide bonds. The molecular weight excluding hydrogens is 284 g/mol. The van der Waals surface area contributed by atoms with Gasteiger partial charge >= 0.3 is 0 Å². The zero-order chi connectivity index (χ0) is 14.9. The van der Waals surface area contributed by atoms with Gasteiger partial charge in [0.05, 0.1) is 0 Å². The van der Waals surface area contributed by atoms with Crippen LogP contribution < -0.4 is 10.1 Å². The summed E-state index contributed by atoms with van der Waals surface area (Å²) in [6, 6.07) is 6.37. The molecule has 1 N–H and O–H groups in total. The first-order valence-electron chi connectivity index (χ1n) is 8.02. The van der Waals surface area contributed by atoms with E-state index in [1.807, 2.05) is 12.1 Å². The van der Waals surface area contributed by atoms with Gasteiger partial charge in [-0.1, -0.05) is 18.5 Å². The van der Waals surface area contributed by atoms with Gasteiger partial charge in [-0.3, -0.25) is 0 Å². The molecule has 1 aromatic rings. The molecule has 2 aliphatic heterocycles. The van der Waals surface area contributed by atoms with Crippen molar-refractivity contribution in [3.63, 3.8) is 0 Å². The van der Waals surface area contributed by atoms with Crippen LogP contribution in [0.2, 0.25) is 5.02 Å². The van der Waals surface area contributed by atoms with Crippen LogP contribution in [0.5, 0.6) is 5.75 Å². The number of ether oxygens (including phenoxy) is 1.